The second kappa shape index (κ2) is 6.90. The quantitative estimate of drug-likeness (QED) is 0.603. The molecule has 1 saturated heterocycles. The van der Waals surface area contributed by atoms with Crippen molar-refractivity contribution < 1.29 is 14.3 Å². The lowest BCUT2D eigenvalue weighted by atomic mass is 9.78. The number of carbonyl (C=O) groups excluding carboxylic acids is 2. The summed E-state index contributed by atoms with van der Waals surface area (Å²) in [7, 11) is 0. The van der Waals surface area contributed by atoms with Crippen LogP contribution in [-0.2, 0) is 15.0 Å². The summed E-state index contributed by atoms with van der Waals surface area (Å²) in [4.78, 5) is 26.7. The molecule has 2 atom stereocenters. The molecular weight excluding hydrogens is 326 g/mol. The van der Waals surface area contributed by atoms with E-state index >= 15 is 0 Å². The molecule has 1 aliphatic carbocycles. The highest BCUT2D eigenvalue weighted by Gasteiger charge is 2.48. The van der Waals surface area contributed by atoms with Gasteiger partial charge in [-0.1, -0.05) is 44.1 Å². The minimum atomic E-state index is -0.169. The van der Waals surface area contributed by atoms with Crippen LogP contribution in [0.25, 0.3) is 0 Å². The van der Waals surface area contributed by atoms with Crippen molar-refractivity contribution in [3.8, 4) is 5.75 Å². The summed E-state index contributed by atoms with van der Waals surface area (Å²) in [5.74, 6) is 0.370. The number of ether oxygens (including phenoxy) is 1. The predicted molar refractivity (Wildman–Crippen MR) is 102 cm³/mol. The first-order valence-electron chi connectivity index (χ1n) is 9.42. The summed E-state index contributed by atoms with van der Waals surface area (Å²) in [6.07, 6.45) is 1.43. The number of benzene rings is 1. The van der Waals surface area contributed by atoms with Gasteiger partial charge in [0.15, 0.2) is 0 Å². The van der Waals surface area contributed by atoms with E-state index in [-0.39, 0.29) is 29.1 Å². The third kappa shape index (κ3) is 3.55. The molecule has 2 amide bonds. The second-order valence-electron chi connectivity index (χ2n) is 8.63. The smallest absolute Gasteiger partial charge is 0.233 e. The van der Waals surface area contributed by atoms with E-state index in [0.717, 1.165) is 5.75 Å². The van der Waals surface area contributed by atoms with Crippen LogP contribution < -0.4 is 4.74 Å². The zero-order valence-corrected chi connectivity index (χ0v) is 16.5. The molecule has 4 heteroatoms. The van der Waals surface area contributed by atoms with Crippen molar-refractivity contribution in [1.82, 2.24) is 4.90 Å². The van der Waals surface area contributed by atoms with Gasteiger partial charge in [-0.05, 0) is 49.8 Å². The number of amides is 2. The van der Waals surface area contributed by atoms with Crippen LogP contribution in [0.2, 0.25) is 0 Å². The molecule has 0 bridgehead atoms. The van der Waals surface area contributed by atoms with E-state index in [4.69, 9.17) is 4.74 Å². The Morgan fingerprint density at radius 3 is 1.92 bits per heavy atom. The van der Waals surface area contributed by atoms with E-state index in [1.165, 1.54) is 21.6 Å². The van der Waals surface area contributed by atoms with E-state index in [0.29, 0.717) is 26.0 Å². The predicted octanol–water partition coefficient (Wildman–Crippen LogP) is 4.09. The number of imide groups is 1. The summed E-state index contributed by atoms with van der Waals surface area (Å²) in [6.45, 7) is 11.3. The Morgan fingerprint density at radius 2 is 1.46 bits per heavy atom. The van der Waals surface area contributed by atoms with E-state index in [2.05, 4.69) is 46.8 Å². The van der Waals surface area contributed by atoms with Gasteiger partial charge in [-0.25, -0.2) is 0 Å². The number of carbonyl (C=O) groups is 2. The SMILES string of the molecule is CC1=C(C)C[C@H]2C(=O)N(CCOc3ccc(C(C)(C)C)cc3)C(=O)[C@@H]2C1. The lowest BCUT2D eigenvalue weighted by Gasteiger charge is -2.23. The van der Waals surface area contributed by atoms with Gasteiger partial charge in [-0.3, -0.25) is 14.5 Å². The molecule has 1 fully saturated rings. The lowest BCUT2D eigenvalue weighted by molar-refractivity contribution is -0.140. The average molecular weight is 355 g/mol. The van der Waals surface area contributed by atoms with E-state index < -0.39 is 0 Å². The highest BCUT2D eigenvalue weighted by molar-refractivity contribution is 6.05. The summed E-state index contributed by atoms with van der Waals surface area (Å²) in [5, 5.41) is 0. The number of allylic oxidation sites excluding steroid dienone is 2. The summed E-state index contributed by atoms with van der Waals surface area (Å²) in [6, 6.07) is 8.02. The molecule has 0 aromatic heterocycles. The topological polar surface area (TPSA) is 46.6 Å². The van der Waals surface area contributed by atoms with Gasteiger partial charge in [0.1, 0.15) is 12.4 Å². The van der Waals surface area contributed by atoms with Crippen LogP contribution in [0.15, 0.2) is 35.4 Å². The lowest BCUT2D eigenvalue weighted by Crippen LogP contribution is -2.34. The summed E-state index contributed by atoms with van der Waals surface area (Å²) in [5.41, 5.74) is 3.86. The molecular formula is C22H29NO3. The van der Waals surface area contributed by atoms with Gasteiger partial charge in [0.25, 0.3) is 0 Å². The Morgan fingerprint density at radius 1 is 0.962 bits per heavy atom. The fourth-order valence-electron chi connectivity index (χ4n) is 3.85. The van der Waals surface area contributed by atoms with Crippen molar-refractivity contribution in [3.05, 3.63) is 41.0 Å². The fourth-order valence-corrected chi connectivity index (χ4v) is 3.85. The maximum absolute atomic E-state index is 12.6. The highest BCUT2D eigenvalue weighted by Crippen LogP contribution is 2.40. The van der Waals surface area contributed by atoms with Crippen molar-refractivity contribution in [2.45, 2.75) is 52.9 Å². The van der Waals surface area contributed by atoms with Crippen LogP contribution in [0.1, 0.15) is 53.0 Å². The highest BCUT2D eigenvalue weighted by atomic mass is 16.5. The fraction of sp³-hybridized carbons (Fsp3) is 0.545. The molecule has 2 aliphatic rings. The van der Waals surface area contributed by atoms with Gasteiger partial charge in [0, 0.05) is 0 Å². The Kier molecular flexibility index (Phi) is 4.96. The van der Waals surface area contributed by atoms with E-state index in [1.54, 1.807) is 0 Å². The first-order chi connectivity index (χ1) is 12.2. The molecule has 0 saturated carbocycles. The maximum atomic E-state index is 12.6. The largest absolute Gasteiger partial charge is 0.492 e. The molecule has 1 aromatic carbocycles. The number of fused-ring (bicyclic) bond motifs is 1. The molecule has 1 aromatic rings. The minimum absolute atomic E-state index is 0.0291. The molecule has 1 aliphatic heterocycles. The van der Waals surface area contributed by atoms with Gasteiger partial charge in [0.2, 0.25) is 11.8 Å². The van der Waals surface area contributed by atoms with Crippen molar-refractivity contribution in [2.75, 3.05) is 13.2 Å². The van der Waals surface area contributed by atoms with Crippen LogP contribution in [0.3, 0.4) is 0 Å². The van der Waals surface area contributed by atoms with Gasteiger partial charge in [-0.15, -0.1) is 0 Å². The Labute approximate surface area is 156 Å². The van der Waals surface area contributed by atoms with Crippen LogP contribution in [0, 0.1) is 11.8 Å². The van der Waals surface area contributed by atoms with Crippen LogP contribution >= 0.6 is 0 Å². The second-order valence-corrected chi connectivity index (χ2v) is 8.63. The Bertz CT molecular complexity index is 708. The van der Waals surface area contributed by atoms with E-state index in [1.807, 2.05) is 12.1 Å². The van der Waals surface area contributed by atoms with E-state index in [9.17, 15) is 9.59 Å². The van der Waals surface area contributed by atoms with Crippen molar-refractivity contribution >= 4 is 11.8 Å². The zero-order valence-electron chi connectivity index (χ0n) is 16.5. The number of nitrogens with zero attached hydrogens (tertiary/aromatic N) is 1. The monoisotopic (exact) mass is 355 g/mol. The molecule has 0 radical (unpaired) electrons. The van der Waals surface area contributed by atoms with Crippen LogP contribution in [-0.4, -0.2) is 29.9 Å². The van der Waals surface area contributed by atoms with Gasteiger partial charge in [-0.2, -0.15) is 0 Å². The van der Waals surface area contributed by atoms with Crippen molar-refractivity contribution in [3.63, 3.8) is 0 Å². The zero-order chi connectivity index (χ0) is 19.1. The minimum Gasteiger partial charge on any atom is -0.492 e. The van der Waals surface area contributed by atoms with Crippen LogP contribution in [0.4, 0.5) is 0 Å². The van der Waals surface area contributed by atoms with Gasteiger partial charge >= 0.3 is 0 Å². The standard InChI is InChI=1S/C22H29NO3/c1-14-12-18-19(13-15(14)2)21(25)23(20(18)24)10-11-26-17-8-6-16(7-9-17)22(3,4)5/h6-9,18-19H,10-13H2,1-5H3/t18-,19-/m1/s1. The van der Waals surface area contributed by atoms with Crippen molar-refractivity contribution in [2.24, 2.45) is 11.8 Å². The maximum Gasteiger partial charge on any atom is 0.233 e. The van der Waals surface area contributed by atoms with Gasteiger partial charge in [0.05, 0.1) is 18.4 Å². The number of hydrogen-bond donors (Lipinski definition) is 0. The average Bonchev–Trinajstić information content (AvgIpc) is 2.80. The Balaban J connectivity index is 1.57. The summed E-state index contributed by atoms with van der Waals surface area (Å²) >= 11 is 0. The molecule has 140 valence electrons. The number of likely N-dealkylation sites (tertiary alicyclic amines) is 1. The molecule has 4 nitrogen and oxygen atoms in total. The summed E-state index contributed by atoms with van der Waals surface area (Å²) < 4.78 is 5.77. The first kappa shape index (κ1) is 18.7. The molecule has 0 N–H and O–H groups in total. The first-order valence-corrected chi connectivity index (χ1v) is 9.42. The number of rotatable bonds is 4. The molecule has 1 heterocycles. The van der Waals surface area contributed by atoms with Crippen molar-refractivity contribution in [1.29, 1.82) is 0 Å². The molecule has 26 heavy (non-hydrogen) atoms. The van der Waals surface area contributed by atoms with Crippen LogP contribution in [0.5, 0.6) is 5.75 Å². The molecule has 0 unspecified atom stereocenters. The molecule has 0 spiro atoms. The third-order valence-corrected chi connectivity index (χ3v) is 5.74. The normalized spacial score (nSPS) is 23.5. The van der Waals surface area contributed by atoms with Gasteiger partial charge < -0.3 is 4.74 Å². The third-order valence-electron chi connectivity index (χ3n) is 5.74. The Hall–Kier alpha value is -2.10. The number of hydrogen-bond acceptors (Lipinski definition) is 3. The molecule has 3 rings (SSSR count).